The van der Waals surface area contributed by atoms with Crippen LogP contribution in [-0.4, -0.2) is 26.0 Å². The standard InChI is InChI=1S/C11H11ClF3NO2S/c12-8-3-7(11(13,14)15)4-10(5-8)16-9-1-2-19(17,18)6-9/h3-5,9,16H,1-2,6H2. The smallest absolute Gasteiger partial charge is 0.381 e. The van der Waals surface area contributed by atoms with E-state index in [9.17, 15) is 21.6 Å². The van der Waals surface area contributed by atoms with Gasteiger partial charge in [-0.2, -0.15) is 13.2 Å². The van der Waals surface area contributed by atoms with Crippen molar-refractivity contribution in [3.05, 3.63) is 28.8 Å². The molecule has 0 aromatic heterocycles. The van der Waals surface area contributed by atoms with Gasteiger partial charge >= 0.3 is 6.18 Å². The first-order valence-corrected chi connectivity index (χ1v) is 7.70. The van der Waals surface area contributed by atoms with E-state index in [-0.39, 0.29) is 28.3 Å². The van der Waals surface area contributed by atoms with Gasteiger partial charge in [0.1, 0.15) is 0 Å². The minimum Gasteiger partial charge on any atom is -0.381 e. The lowest BCUT2D eigenvalue weighted by Gasteiger charge is -2.15. The van der Waals surface area contributed by atoms with Crippen molar-refractivity contribution >= 4 is 27.1 Å². The lowest BCUT2D eigenvalue weighted by atomic mass is 10.1. The molecule has 1 aliphatic heterocycles. The largest absolute Gasteiger partial charge is 0.416 e. The fourth-order valence-corrected chi connectivity index (χ4v) is 3.89. The molecule has 0 saturated carbocycles. The number of hydrogen-bond acceptors (Lipinski definition) is 3. The van der Waals surface area contributed by atoms with E-state index in [1.54, 1.807) is 0 Å². The van der Waals surface area contributed by atoms with Crippen LogP contribution < -0.4 is 5.32 Å². The fourth-order valence-electron chi connectivity index (χ4n) is 1.98. The molecular formula is C11H11ClF3NO2S. The molecule has 2 rings (SSSR count). The average molecular weight is 314 g/mol. The van der Waals surface area contributed by atoms with Crippen molar-refractivity contribution in [2.45, 2.75) is 18.6 Å². The van der Waals surface area contributed by atoms with Crippen molar-refractivity contribution in [3.63, 3.8) is 0 Å². The van der Waals surface area contributed by atoms with Gasteiger partial charge in [0.2, 0.25) is 0 Å². The summed E-state index contributed by atoms with van der Waals surface area (Å²) in [5.74, 6) is -0.0156. The minimum absolute atomic E-state index is 0.0434. The molecule has 1 heterocycles. The quantitative estimate of drug-likeness (QED) is 0.913. The maximum absolute atomic E-state index is 12.6. The molecule has 8 heteroatoms. The molecule has 106 valence electrons. The molecule has 0 bridgehead atoms. The molecule has 1 N–H and O–H groups in total. The van der Waals surface area contributed by atoms with Crippen LogP contribution in [0.4, 0.5) is 18.9 Å². The second-order valence-electron chi connectivity index (χ2n) is 4.47. The van der Waals surface area contributed by atoms with Crippen LogP contribution >= 0.6 is 11.6 Å². The van der Waals surface area contributed by atoms with Crippen LogP contribution in [0.1, 0.15) is 12.0 Å². The molecule has 1 aliphatic rings. The van der Waals surface area contributed by atoms with Gasteiger partial charge in [0.25, 0.3) is 0 Å². The van der Waals surface area contributed by atoms with E-state index in [2.05, 4.69) is 5.32 Å². The average Bonchev–Trinajstić information content (AvgIpc) is 2.55. The van der Waals surface area contributed by atoms with Gasteiger partial charge in [0.15, 0.2) is 9.84 Å². The number of anilines is 1. The zero-order valence-electron chi connectivity index (χ0n) is 9.67. The lowest BCUT2D eigenvalue weighted by molar-refractivity contribution is -0.137. The Morgan fingerprint density at radius 1 is 1.26 bits per heavy atom. The molecule has 19 heavy (non-hydrogen) atoms. The molecule has 0 spiro atoms. The second kappa shape index (κ2) is 4.86. The second-order valence-corrected chi connectivity index (χ2v) is 7.14. The highest BCUT2D eigenvalue weighted by Gasteiger charge is 2.32. The highest BCUT2D eigenvalue weighted by atomic mass is 35.5. The number of sulfone groups is 1. The number of benzene rings is 1. The van der Waals surface area contributed by atoms with Crippen molar-refractivity contribution in [3.8, 4) is 0 Å². The van der Waals surface area contributed by atoms with Gasteiger partial charge in [-0.3, -0.25) is 0 Å². The third-order valence-corrected chi connectivity index (χ3v) is 4.81. The Labute approximate surface area is 113 Å². The first kappa shape index (κ1) is 14.5. The molecule has 1 aromatic carbocycles. The third-order valence-electron chi connectivity index (χ3n) is 2.83. The van der Waals surface area contributed by atoms with Crippen LogP contribution in [-0.2, 0) is 16.0 Å². The summed E-state index contributed by atoms with van der Waals surface area (Å²) >= 11 is 5.64. The first-order valence-electron chi connectivity index (χ1n) is 5.50. The highest BCUT2D eigenvalue weighted by molar-refractivity contribution is 7.91. The summed E-state index contributed by atoms with van der Waals surface area (Å²) in [5.41, 5.74) is -0.676. The molecule has 1 fully saturated rings. The first-order chi connectivity index (χ1) is 8.66. The van der Waals surface area contributed by atoms with Crippen LogP contribution in [0.3, 0.4) is 0 Å². The van der Waals surface area contributed by atoms with Crippen molar-refractivity contribution in [2.75, 3.05) is 16.8 Å². The summed E-state index contributed by atoms with van der Waals surface area (Å²) in [6.45, 7) is 0. The number of hydrogen-bond donors (Lipinski definition) is 1. The Balaban J connectivity index is 2.20. The molecule has 1 unspecified atom stereocenters. The number of rotatable bonds is 2. The summed E-state index contributed by atoms with van der Waals surface area (Å²) < 4.78 is 60.4. The summed E-state index contributed by atoms with van der Waals surface area (Å²) in [4.78, 5) is 0. The monoisotopic (exact) mass is 313 g/mol. The van der Waals surface area contributed by atoms with Gasteiger partial charge in [0, 0.05) is 16.8 Å². The van der Waals surface area contributed by atoms with Gasteiger partial charge in [-0.25, -0.2) is 8.42 Å². The molecule has 0 amide bonds. The van der Waals surface area contributed by atoms with E-state index < -0.39 is 21.6 Å². The van der Waals surface area contributed by atoms with E-state index in [1.807, 2.05) is 0 Å². The van der Waals surface area contributed by atoms with E-state index in [0.717, 1.165) is 12.1 Å². The molecule has 0 radical (unpaired) electrons. The summed E-state index contributed by atoms with van der Waals surface area (Å²) in [7, 11) is -3.08. The molecule has 0 aliphatic carbocycles. The molecule has 1 atom stereocenters. The fraction of sp³-hybridized carbons (Fsp3) is 0.455. The molecular weight excluding hydrogens is 303 g/mol. The predicted molar refractivity (Wildman–Crippen MR) is 67.1 cm³/mol. The van der Waals surface area contributed by atoms with Gasteiger partial charge in [-0.1, -0.05) is 11.6 Å². The minimum atomic E-state index is -4.48. The number of halogens is 4. The third kappa shape index (κ3) is 3.76. The number of nitrogens with one attached hydrogen (secondary N) is 1. The van der Waals surface area contributed by atoms with Gasteiger partial charge in [-0.15, -0.1) is 0 Å². The Morgan fingerprint density at radius 3 is 2.47 bits per heavy atom. The van der Waals surface area contributed by atoms with Crippen LogP contribution in [0.5, 0.6) is 0 Å². The Hall–Kier alpha value is -0.950. The van der Waals surface area contributed by atoms with Crippen molar-refractivity contribution < 1.29 is 21.6 Å². The lowest BCUT2D eigenvalue weighted by Crippen LogP contribution is -2.20. The van der Waals surface area contributed by atoms with E-state index in [1.165, 1.54) is 6.07 Å². The van der Waals surface area contributed by atoms with Crippen LogP contribution in [0.15, 0.2) is 18.2 Å². The van der Waals surface area contributed by atoms with Crippen LogP contribution in [0.2, 0.25) is 5.02 Å². The predicted octanol–water partition coefficient (Wildman–Crippen LogP) is 2.96. The van der Waals surface area contributed by atoms with E-state index in [4.69, 9.17) is 11.6 Å². The highest BCUT2D eigenvalue weighted by Crippen LogP contribution is 2.33. The zero-order valence-corrected chi connectivity index (χ0v) is 11.2. The van der Waals surface area contributed by atoms with Crippen LogP contribution in [0, 0.1) is 0 Å². The van der Waals surface area contributed by atoms with Crippen molar-refractivity contribution in [1.82, 2.24) is 0 Å². The van der Waals surface area contributed by atoms with Crippen molar-refractivity contribution in [2.24, 2.45) is 0 Å². The SMILES string of the molecule is O=S1(=O)CCC(Nc2cc(Cl)cc(C(F)(F)F)c2)C1. The molecule has 3 nitrogen and oxygen atoms in total. The Morgan fingerprint density at radius 2 is 1.95 bits per heavy atom. The van der Waals surface area contributed by atoms with E-state index >= 15 is 0 Å². The Kier molecular flexibility index (Phi) is 3.70. The molecule has 1 saturated heterocycles. The van der Waals surface area contributed by atoms with Crippen molar-refractivity contribution in [1.29, 1.82) is 0 Å². The van der Waals surface area contributed by atoms with Gasteiger partial charge in [-0.05, 0) is 24.6 Å². The van der Waals surface area contributed by atoms with Gasteiger partial charge < -0.3 is 5.32 Å². The zero-order chi connectivity index (χ0) is 14.3. The normalized spacial score (nSPS) is 22.4. The van der Waals surface area contributed by atoms with Gasteiger partial charge in [0.05, 0.1) is 17.1 Å². The van der Waals surface area contributed by atoms with Crippen LogP contribution in [0.25, 0.3) is 0 Å². The maximum Gasteiger partial charge on any atom is 0.416 e. The Bertz CT molecular complexity index is 586. The summed E-state index contributed by atoms with van der Waals surface area (Å²) in [5, 5.41) is 2.74. The summed E-state index contributed by atoms with van der Waals surface area (Å²) in [6, 6.07) is 2.74. The maximum atomic E-state index is 12.6. The number of alkyl halides is 3. The molecule has 1 aromatic rings. The summed E-state index contributed by atoms with van der Waals surface area (Å²) in [6.07, 6.45) is -4.10. The van der Waals surface area contributed by atoms with E-state index in [0.29, 0.717) is 6.42 Å². The topological polar surface area (TPSA) is 46.2 Å².